The molecule has 0 N–H and O–H groups in total. The summed E-state index contributed by atoms with van der Waals surface area (Å²) in [6.45, 7) is 7.58. The van der Waals surface area contributed by atoms with E-state index in [0.29, 0.717) is 32.2 Å². The van der Waals surface area contributed by atoms with Crippen LogP contribution in [0.2, 0.25) is 0 Å². The molecule has 0 aliphatic carbocycles. The maximum Gasteiger partial charge on any atom is 0.573 e. The van der Waals surface area contributed by atoms with Crippen molar-refractivity contribution in [1.29, 1.82) is 0 Å². The van der Waals surface area contributed by atoms with E-state index in [4.69, 9.17) is 9.57 Å². The van der Waals surface area contributed by atoms with Crippen LogP contribution in [-0.2, 0) is 20.9 Å². The topological polar surface area (TPSA) is 111 Å². The Hall–Kier alpha value is -2.93. The molecule has 0 spiro atoms. The smallest absolute Gasteiger partial charge is 0.462 e. The molecule has 1 aliphatic rings. The number of nitrogens with zero attached hydrogens (tertiary/aromatic N) is 3. The van der Waals surface area contributed by atoms with Gasteiger partial charge in [-0.25, -0.2) is 9.59 Å². The number of ether oxygens (including phenoxy) is 2. The highest BCUT2D eigenvalue weighted by molar-refractivity contribution is 5.94. The number of alkyl halides is 3. The molecule has 0 aromatic heterocycles. The summed E-state index contributed by atoms with van der Waals surface area (Å²) in [5.74, 6) is -2.27. The molecule has 1 heterocycles. The van der Waals surface area contributed by atoms with Gasteiger partial charge in [-0.1, -0.05) is 0 Å². The number of benzene rings is 1. The van der Waals surface area contributed by atoms with Gasteiger partial charge in [0.25, 0.3) is 5.69 Å². The summed E-state index contributed by atoms with van der Waals surface area (Å²) in [5.41, 5.74) is -2.13. The van der Waals surface area contributed by atoms with Crippen molar-refractivity contribution in [3.05, 3.63) is 33.4 Å². The van der Waals surface area contributed by atoms with E-state index < -0.39 is 45.6 Å². The lowest BCUT2D eigenvalue weighted by atomic mass is 9.98. The predicted molar refractivity (Wildman–Crippen MR) is 108 cm³/mol. The second-order valence-corrected chi connectivity index (χ2v) is 8.34. The molecule has 0 amide bonds. The Bertz CT molecular complexity index is 892. The summed E-state index contributed by atoms with van der Waals surface area (Å²) in [6, 6.07) is 1.57. The fourth-order valence-electron chi connectivity index (χ4n) is 2.95. The van der Waals surface area contributed by atoms with Crippen molar-refractivity contribution in [2.24, 2.45) is 5.41 Å². The minimum atomic E-state index is -5.07. The first-order chi connectivity index (χ1) is 15.2. The van der Waals surface area contributed by atoms with Crippen molar-refractivity contribution >= 4 is 17.6 Å². The summed E-state index contributed by atoms with van der Waals surface area (Å²) in [6.07, 6.45) is -5.07. The Labute approximate surface area is 188 Å². The van der Waals surface area contributed by atoms with Gasteiger partial charge >= 0.3 is 18.3 Å². The number of hydrogen-bond acceptors (Lipinski definition) is 9. The summed E-state index contributed by atoms with van der Waals surface area (Å²) in [5, 5.41) is 12.9. The summed E-state index contributed by atoms with van der Waals surface area (Å²) >= 11 is 0. The number of halogens is 3. The Morgan fingerprint density at radius 2 is 1.73 bits per heavy atom. The summed E-state index contributed by atoms with van der Waals surface area (Å²) in [4.78, 5) is 41.7. The molecule has 0 radical (unpaired) electrons. The first kappa shape index (κ1) is 26.3. The van der Waals surface area contributed by atoms with Crippen LogP contribution < -0.4 is 4.74 Å². The Morgan fingerprint density at radius 1 is 1.12 bits per heavy atom. The zero-order chi connectivity index (χ0) is 25.0. The SMILES string of the molecule is CCOC(=O)c1cc(OC(F)(F)F)c(CN2CCN(OC(=O)C(C)(C)C)CC2)cc1[N+](=O)[O-]. The van der Waals surface area contributed by atoms with Gasteiger partial charge < -0.3 is 14.3 Å². The quantitative estimate of drug-likeness (QED) is 0.332. The molecule has 33 heavy (non-hydrogen) atoms. The van der Waals surface area contributed by atoms with Gasteiger partial charge in [-0.2, -0.15) is 0 Å². The number of hydrogen-bond donors (Lipinski definition) is 0. The van der Waals surface area contributed by atoms with Crippen LogP contribution in [0.5, 0.6) is 5.75 Å². The second-order valence-electron chi connectivity index (χ2n) is 8.34. The molecule has 0 unspecified atom stereocenters. The number of nitro groups is 1. The largest absolute Gasteiger partial charge is 0.573 e. The van der Waals surface area contributed by atoms with Crippen LogP contribution in [0.25, 0.3) is 0 Å². The van der Waals surface area contributed by atoms with Crippen LogP contribution in [0, 0.1) is 15.5 Å². The van der Waals surface area contributed by atoms with E-state index >= 15 is 0 Å². The number of rotatable bonds is 7. The molecule has 0 saturated carbocycles. The van der Waals surface area contributed by atoms with Gasteiger partial charge in [-0.3, -0.25) is 15.0 Å². The normalized spacial score (nSPS) is 15.7. The van der Waals surface area contributed by atoms with Crippen LogP contribution in [-0.4, -0.2) is 66.0 Å². The molecule has 1 aliphatic heterocycles. The molecule has 13 heteroatoms. The highest BCUT2D eigenvalue weighted by Gasteiger charge is 2.35. The Kier molecular flexibility index (Phi) is 8.25. The first-order valence-corrected chi connectivity index (χ1v) is 10.1. The van der Waals surface area contributed by atoms with Crippen LogP contribution >= 0.6 is 0 Å². The van der Waals surface area contributed by atoms with Crippen LogP contribution in [0.4, 0.5) is 18.9 Å². The van der Waals surface area contributed by atoms with Crippen LogP contribution in [0.3, 0.4) is 0 Å². The highest BCUT2D eigenvalue weighted by Crippen LogP contribution is 2.34. The molecule has 0 bridgehead atoms. The summed E-state index contributed by atoms with van der Waals surface area (Å²) in [7, 11) is 0. The van der Waals surface area contributed by atoms with Gasteiger partial charge in [0.1, 0.15) is 11.3 Å². The zero-order valence-corrected chi connectivity index (χ0v) is 18.7. The van der Waals surface area contributed by atoms with E-state index in [2.05, 4.69) is 4.74 Å². The third kappa shape index (κ3) is 7.56. The predicted octanol–water partition coefficient (Wildman–Crippen LogP) is 3.29. The third-order valence-corrected chi connectivity index (χ3v) is 4.65. The Morgan fingerprint density at radius 3 is 2.21 bits per heavy atom. The van der Waals surface area contributed by atoms with E-state index in [1.165, 1.54) is 12.0 Å². The molecular weight excluding hydrogens is 451 g/mol. The van der Waals surface area contributed by atoms with Crippen molar-refractivity contribution in [2.75, 3.05) is 32.8 Å². The average Bonchev–Trinajstić information content (AvgIpc) is 2.68. The molecule has 1 aromatic rings. The van der Waals surface area contributed by atoms with E-state index in [0.717, 1.165) is 6.07 Å². The zero-order valence-electron chi connectivity index (χ0n) is 18.7. The number of esters is 1. The maximum atomic E-state index is 13.0. The number of carbonyl (C=O) groups is 2. The molecular formula is C20H26F3N3O7. The lowest BCUT2D eigenvalue weighted by Gasteiger charge is -2.34. The maximum absolute atomic E-state index is 13.0. The molecule has 2 rings (SSSR count). The van der Waals surface area contributed by atoms with Gasteiger partial charge in [0, 0.05) is 50.4 Å². The number of nitro benzene ring substituents is 1. The van der Waals surface area contributed by atoms with Gasteiger partial charge in [-0.05, 0) is 27.7 Å². The molecule has 1 saturated heterocycles. The van der Waals surface area contributed by atoms with Crippen molar-refractivity contribution in [3.8, 4) is 5.75 Å². The van der Waals surface area contributed by atoms with Crippen molar-refractivity contribution < 1.29 is 42.0 Å². The monoisotopic (exact) mass is 477 g/mol. The van der Waals surface area contributed by atoms with Crippen LogP contribution in [0.15, 0.2) is 12.1 Å². The minimum absolute atomic E-state index is 0.114. The van der Waals surface area contributed by atoms with Crippen LogP contribution in [0.1, 0.15) is 43.6 Å². The fraction of sp³-hybridized carbons (Fsp3) is 0.600. The van der Waals surface area contributed by atoms with Crippen molar-refractivity contribution in [1.82, 2.24) is 9.96 Å². The lowest BCUT2D eigenvalue weighted by Crippen LogP contribution is -2.47. The van der Waals surface area contributed by atoms with Gasteiger partial charge in [-0.15, -0.1) is 18.2 Å². The standard InChI is InChI=1S/C20H26F3N3O7/c1-5-31-17(27)14-11-16(32-20(21,22)23)13(10-15(14)26(29)30)12-24-6-8-25(9-7-24)33-18(28)19(2,3)4/h10-11H,5-9,12H2,1-4H3. The highest BCUT2D eigenvalue weighted by atomic mass is 19.4. The van der Waals surface area contributed by atoms with Crippen molar-refractivity contribution in [3.63, 3.8) is 0 Å². The van der Waals surface area contributed by atoms with Gasteiger partial charge in [0.15, 0.2) is 0 Å². The number of hydroxylamine groups is 2. The molecule has 1 fully saturated rings. The van der Waals surface area contributed by atoms with Crippen molar-refractivity contribution in [2.45, 2.75) is 40.6 Å². The number of piperazine rings is 1. The Balaban J connectivity index is 2.24. The lowest BCUT2D eigenvalue weighted by molar-refractivity contribution is -0.385. The van der Waals surface area contributed by atoms with E-state index in [1.807, 2.05) is 0 Å². The van der Waals surface area contributed by atoms with E-state index in [-0.39, 0.29) is 18.7 Å². The molecule has 0 atom stereocenters. The van der Waals surface area contributed by atoms with E-state index in [1.54, 1.807) is 25.7 Å². The number of carbonyl (C=O) groups excluding carboxylic acids is 2. The third-order valence-electron chi connectivity index (χ3n) is 4.65. The second kappa shape index (κ2) is 10.3. The molecule has 1 aromatic carbocycles. The first-order valence-electron chi connectivity index (χ1n) is 10.1. The van der Waals surface area contributed by atoms with E-state index in [9.17, 15) is 32.9 Å². The average molecular weight is 477 g/mol. The minimum Gasteiger partial charge on any atom is -0.462 e. The molecule has 184 valence electrons. The summed E-state index contributed by atoms with van der Waals surface area (Å²) < 4.78 is 47.7. The molecule has 10 nitrogen and oxygen atoms in total. The fourth-order valence-corrected chi connectivity index (χ4v) is 2.95. The van der Waals surface area contributed by atoms with Gasteiger partial charge in [0.2, 0.25) is 0 Å². The van der Waals surface area contributed by atoms with Gasteiger partial charge in [0.05, 0.1) is 16.9 Å².